The van der Waals surface area contributed by atoms with E-state index in [4.69, 9.17) is 15.4 Å². The zero-order chi connectivity index (χ0) is 10.1. The van der Waals surface area contributed by atoms with Crippen LogP contribution in [-0.4, -0.2) is 24.2 Å². The number of ketones is 1. The minimum Gasteiger partial charge on any atom is -0.367 e. The van der Waals surface area contributed by atoms with E-state index in [0.29, 0.717) is 11.1 Å². The maximum absolute atomic E-state index is 11.1. The highest BCUT2D eigenvalue weighted by Crippen LogP contribution is 2.26. The fraction of sp³-hybridized carbons (Fsp3) is 0.300. The summed E-state index contributed by atoms with van der Waals surface area (Å²) in [4.78, 5) is 11.1. The van der Waals surface area contributed by atoms with Crippen molar-refractivity contribution in [2.45, 2.75) is 12.5 Å². The van der Waals surface area contributed by atoms with Gasteiger partial charge in [0.05, 0.1) is 24.0 Å². The van der Waals surface area contributed by atoms with Crippen molar-refractivity contribution in [3.63, 3.8) is 0 Å². The molecule has 0 aromatic rings. The van der Waals surface area contributed by atoms with Gasteiger partial charge >= 0.3 is 0 Å². The molecule has 0 unspecified atom stereocenters. The molecule has 0 aromatic carbocycles. The van der Waals surface area contributed by atoms with Crippen LogP contribution in [0.1, 0.15) is 6.42 Å². The molecular formula is C10H8N2O2. The zero-order valence-electron chi connectivity index (χ0n) is 7.41. The van der Waals surface area contributed by atoms with Gasteiger partial charge in [-0.3, -0.25) is 4.79 Å². The van der Waals surface area contributed by atoms with Crippen molar-refractivity contribution in [2.24, 2.45) is 0 Å². The Morgan fingerprint density at radius 3 is 3.07 bits per heavy atom. The van der Waals surface area contributed by atoms with Gasteiger partial charge < -0.3 is 10.1 Å². The second-order valence-electron chi connectivity index (χ2n) is 3.22. The highest BCUT2D eigenvalue weighted by Gasteiger charge is 2.29. The predicted octanol–water partition coefficient (Wildman–Crippen LogP) is 0.754. The van der Waals surface area contributed by atoms with Crippen LogP contribution in [0.2, 0.25) is 0 Å². The molecule has 0 fully saturated rings. The van der Waals surface area contributed by atoms with Gasteiger partial charge in [-0.25, -0.2) is 0 Å². The molecule has 0 saturated carbocycles. The minimum atomic E-state index is -0.323. The number of hydrogen-bond donors (Lipinski definition) is 1. The monoisotopic (exact) mass is 188 g/mol. The van der Waals surface area contributed by atoms with E-state index in [2.05, 4.69) is 0 Å². The first-order valence-corrected chi connectivity index (χ1v) is 4.27. The minimum absolute atomic E-state index is 0.00414. The SMILES string of the molecule is N#CC1=C2C=CC(=O)C[C@H]2OCC1=N. The van der Waals surface area contributed by atoms with Crippen LogP contribution in [0.3, 0.4) is 0 Å². The maximum atomic E-state index is 11.1. The van der Waals surface area contributed by atoms with Gasteiger partial charge in [0.2, 0.25) is 0 Å². The maximum Gasteiger partial charge on any atom is 0.158 e. The first kappa shape index (κ1) is 8.85. The molecule has 1 atom stereocenters. The van der Waals surface area contributed by atoms with Crippen molar-refractivity contribution in [1.29, 1.82) is 10.7 Å². The van der Waals surface area contributed by atoms with Crippen LogP contribution >= 0.6 is 0 Å². The number of nitrogens with zero attached hydrogens (tertiary/aromatic N) is 1. The van der Waals surface area contributed by atoms with Crippen LogP contribution in [0.15, 0.2) is 23.3 Å². The van der Waals surface area contributed by atoms with Crippen molar-refractivity contribution in [1.82, 2.24) is 0 Å². The second-order valence-corrected chi connectivity index (χ2v) is 3.22. The number of hydrogen-bond acceptors (Lipinski definition) is 4. The smallest absolute Gasteiger partial charge is 0.158 e. The molecular weight excluding hydrogens is 180 g/mol. The molecule has 0 radical (unpaired) electrons. The predicted molar refractivity (Wildman–Crippen MR) is 48.9 cm³/mol. The first-order chi connectivity index (χ1) is 6.72. The molecule has 2 aliphatic rings. The Balaban J connectivity index is 2.50. The van der Waals surface area contributed by atoms with Crippen molar-refractivity contribution >= 4 is 11.5 Å². The summed E-state index contributed by atoms with van der Waals surface area (Å²) < 4.78 is 5.29. The topological polar surface area (TPSA) is 73.9 Å². The van der Waals surface area contributed by atoms with E-state index in [1.165, 1.54) is 6.08 Å². The largest absolute Gasteiger partial charge is 0.367 e. The second kappa shape index (κ2) is 3.20. The normalized spacial score (nSPS) is 26.1. The average molecular weight is 188 g/mol. The lowest BCUT2D eigenvalue weighted by Gasteiger charge is -2.26. The third-order valence-corrected chi connectivity index (χ3v) is 2.31. The number of nitrogens with one attached hydrogen (secondary N) is 1. The van der Waals surface area contributed by atoms with E-state index in [0.717, 1.165) is 0 Å². The van der Waals surface area contributed by atoms with Crippen molar-refractivity contribution < 1.29 is 9.53 Å². The fourth-order valence-corrected chi connectivity index (χ4v) is 1.61. The Kier molecular flexibility index (Phi) is 2.02. The van der Waals surface area contributed by atoms with Gasteiger partial charge in [-0.15, -0.1) is 0 Å². The fourth-order valence-electron chi connectivity index (χ4n) is 1.61. The van der Waals surface area contributed by atoms with Gasteiger partial charge in [0.1, 0.15) is 6.07 Å². The Morgan fingerprint density at radius 2 is 2.36 bits per heavy atom. The van der Waals surface area contributed by atoms with Crippen LogP contribution in [0.5, 0.6) is 0 Å². The van der Waals surface area contributed by atoms with Crippen LogP contribution in [0.4, 0.5) is 0 Å². The summed E-state index contributed by atoms with van der Waals surface area (Å²) in [7, 11) is 0. The summed E-state index contributed by atoms with van der Waals surface area (Å²) in [6.45, 7) is 0.123. The summed E-state index contributed by atoms with van der Waals surface area (Å²) in [6, 6.07) is 1.98. The molecule has 1 aliphatic heterocycles. The van der Waals surface area contributed by atoms with Crippen molar-refractivity contribution in [3.05, 3.63) is 23.3 Å². The molecule has 1 heterocycles. The Hall–Kier alpha value is -1.73. The summed E-state index contributed by atoms with van der Waals surface area (Å²) >= 11 is 0. The molecule has 0 saturated heterocycles. The third kappa shape index (κ3) is 1.28. The first-order valence-electron chi connectivity index (χ1n) is 4.27. The number of rotatable bonds is 0. The zero-order valence-corrected chi connectivity index (χ0v) is 7.41. The van der Waals surface area contributed by atoms with Crippen molar-refractivity contribution in [3.8, 4) is 6.07 Å². The molecule has 1 N–H and O–H groups in total. The summed E-state index contributed by atoms with van der Waals surface area (Å²) in [5.74, 6) is 0.00414. The highest BCUT2D eigenvalue weighted by atomic mass is 16.5. The number of allylic oxidation sites excluding steroid dienone is 1. The summed E-state index contributed by atoms with van der Waals surface area (Å²) in [5, 5.41) is 16.3. The Labute approximate surface area is 81.0 Å². The molecule has 4 nitrogen and oxygen atoms in total. The summed E-state index contributed by atoms with van der Waals surface area (Å²) in [6.07, 6.45) is 2.98. The van der Waals surface area contributed by atoms with Crippen LogP contribution in [-0.2, 0) is 9.53 Å². The molecule has 0 aromatic heterocycles. The van der Waals surface area contributed by atoms with Gasteiger partial charge in [0.15, 0.2) is 5.78 Å². The van der Waals surface area contributed by atoms with Gasteiger partial charge in [0, 0.05) is 12.0 Å². The molecule has 0 bridgehead atoms. The molecule has 2 rings (SSSR count). The molecule has 4 heteroatoms. The lowest BCUT2D eigenvalue weighted by atomic mass is 9.90. The van der Waals surface area contributed by atoms with E-state index in [1.807, 2.05) is 6.07 Å². The van der Waals surface area contributed by atoms with Crippen LogP contribution in [0, 0.1) is 16.7 Å². The number of carbonyl (C=O) groups is 1. The number of carbonyl (C=O) groups excluding carboxylic acids is 1. The third-order valence-electron chi connectivity index (χ3n) is 2.31. The molecule has 14 heavy (non-hydrogen) atoms. The van der Waals surface area contributed by atoms with Gasteiger partial charge in [-0.1, -0.05) is 6.08 Å². The van der Waals surface area contributed by atoms with Crippen LogP contribution < -0.4 is 0 Å². The molecule has 1 aliphatic carbocycles. The average Bonchev–Trinajstić information content (AvgIpc) is 2.18. The highest BCUT2D eigenvalue weighted by molar-refractivity contribution is 6.05. The van der Waals surface area contributed by atoms with Gasteiger partial charge in [0.25, 0.3) is 0 Å². The number of fused-ring (bicyclic) bond motifs is 1. The van der Waals surface area contributed by atoms with E-state index >= 15 is 0 Å². The van der Waals surface area contributed by atoms with E-state index in [1.54, 1.807) is 6.08 Å². The lowest BCUT2D eigenvalue weighted by molar-refractivity contribution is -0.116. The number of nitriles is 1. The van der Waals surface area contributed by atoms with E-state index in [9.17, 15) is 4.79 Å². The Morgan fingerprint density at radius 1 is 1.57 bits per heavy atom. The standard InChI is InChI=1S/C10H8N2O2/c11-4-8-7-2-1-6(13)3-10(7)14-5-9(8)12/h1-2,10,12H,3,5H2/t10-/m1/s1. The lowest BCUT2D eigenvalue weighted by Crippen LogP contribution is -2.32. The van der Waals surface area contributed by atoms with E-state index in [-0.39, 0.29) is 30.6 Å². The van der Waals surface area contributed by atoms with Crippen LogP contribution in [0.25, 0.3) is 0 Å². The quantitative estimate of drug-likeness (QED) is 0.609. The number of ether oxygens (including phenoxy) is 1. The molecule has 0 spiro atoms. The summed E-state index contributed by atoms with van der Waals surface area (Å²) in [5.41, 5.74) is 1.21. The van der Waals surface area contributed by atoms with Gasteiger partial charge in [-0.2, -0.15) is 5.26 Å². The van der Waals surface area contributed by atoms with Gasteiger partial charge in [-0.05, 0) is 6.08 Å². The molecule has 0 amide bonds. The Bertz CT molecular complexity index is 412. The van der Waals surface area contributed by atoms with Crippen molar-refractivity contribution in [2.75, 3.05) is 6.61 Å². The molecule has 70 valence electrons. The van der Waals surface area contributed by atoms with E-state index < -0.39 is 0 Å².